The number of sulfonamides is 1. The molecule has 2 aromatic rings. The third kappa shape index (κ3) is 7.93. The molecule has 2 heterocycles. The molecule has 2 fully saturated rings. The molecular formula is C30H42N2O9S. The third-order valence-electron chi connectivity index (χ3n) is 8.11. The number of methoxy groups -OCH3 is 1. The standard InChI is InChI=1S/C30H42N2O9S/c1-4-20(5-2)17-32(42(36,37)24-12-10-23(38-3)11-13-24)18-27(34)26(16-21-6-8-22(33)9-7-21)31-30(35)41-28-19-40-29-25(28)14-15-39-29/h6-13,20,25-29,33-34H,4-5,14-19H2,1-3H3,(H,31,35)/t25-,26-,27+,28-,29+/m0/s1. The average Bonchev–Trinajstić information content (AvgIpc) is 3.61. The lowest BCUT2D eigenvalue weighted by molar-refractivity contribution is -0.0907. The van der Waals surface area contributed by atoms with Gasteiger partial charge in [0.2, 0.25) is 10.0 Å². The Hall–Kier alpha value is -2.90. The zero-order valence-electron chi connectivity index (χ0n) is 24.3. The van der Waals surface area contributed by atoms with Gasteiger partial charge in [0.15, 0.2) is 6.29 Å². The van der Waals surface area contributed by atoms with Gasteiger partial charge in [0.25, 0.3) is 0 Å². The summed E-state index contributed by atoms with van der Waals surface area (Å²) in [5.74, 6) is 0.629. The van der Waals surface area contributed by atoms with Gasteiger partial charge in [-0.2, -0.15) is 4.31 Å². The summed E-state index contributed by atoms with van der Waals surface area (Å²) in [6.45, 7) is 4.71. The molecule has 0 aromatic heterocycles. The van der Waals surface area contributed by atoms with Crippen LogP contribution in [0.2, 0.25) is 0 Å². The van der Waals surface area contributed by atoms with E-state index in [0.717, 1.165) is 24.8 Å². The third-order valence-corrected chi connectivity index (χ3v) is 9.95. The number of aliphatic hydroxyl groups is 1. The van der Waals surface area contributed by atoms with E-state index in [4.69, 9.17) is 18.9 Å². The van der Waals surface area contributed by atoms with Gasteiger partial charge in [0, 0.05) is 13.1 Å². The van der Waals surface area contributed by atoms with Crippen molar-refractivity contribution in [1.29, 1.82) is 0 Å². The van der Waals surface area contributed by atoms with Crippen LogP contribution in [-0.4, -0.2) is 87.0 Å². The lowest BCUT2D eigenvalue weighted by Gasteiger charge is -2.31. The number of aliphatic hydroxyl groups excluding tert-OH is 1. The van der Waals surface area contributed by atoms with Crippen molar-refractivity contribution in [3.05, 3.63) is 54.1 Å². The Morgan fingerprint density at radius 1 is 1.07 bits per heavy atom. The van der Waals surface area contributed by atoms with Gasteiger partial charge in [0.1, 0.15) is 17.6 Å². The maximum Gasteiger partial charge on any atom is 0.407 e. The number of hydrogen-bond acceptors (Lipinski definition) is 9. The monoisotopic (exact) mass is 606 g/mol. The van der Waals surface area contributed by atoms with Crippen molar-refractivity contribution < 1.29 is 42.4 Å². The molecule has 4 rings (SSSR count). The topological polar surface area (TPSA) is 144 Å². The number of phenolic OH excluding ortho intramolecular Hbond substituents is 1. The molecular weight excluding hydrogens is 564 g/mol. The van der Waals surface area contributed by atoms with Crippen LogP contribution in [0.1, 0.15) is 38.7 Å². The number of nitrogens with zero attached hydrogens (tertiary/aromatic N) is 1. The second-order valence-corrected chi connectivity index (χ2v) is 12.8. The highest BCUT2D eigenvalue weighted by Gasteiger charge is 2.44. The second kappa shape index (κ2) is 14.5. The lowest BCUT2D eigenvalue weighted by atomic mass is 10.00. The summed E-state index contributed by atoms with van der Waals surface area (Å²) in [5, 5.41) is 24.0. The summed E-state index contributed by atoms with van der Waals surface area (Å²) in [6.07, 6.45) is -0.464. The molecule has 2 aliphatic heterocycles. The molecule has 1 amide bonds. The van der Waals surface area contributed by atoms with E-state index >= 15 is 0 Å². The van der Waals surface area contributed by atoms with Crippen LogP contribution in [0.25, 0.3) is 0 Å². The molecule has 2 aromatic carbocycles. The van der Waals surface area contributed by atoms with Gasteiger partial charge in [-0.05, 0) is 60.7 Å². The van der Waals surface area contributed by atoms with Crippen molar-refractivity contribution in [3.63, 3.8) is 0 Å². The van der Waals surface area contributed by atoms with E-state index < -0.39 is 34.4 Å². The second-order valence-electron chi connectivity index (χ2n) is 10.8. The number of alkyl carbamates (subject to hydrolysis) is 1. The summed E-state index contributed by atoms with van der Waals surface area (Å²) < 4.78 is 50.9. The van der Waals surface area contributed by atoms with Gasteiger partial charge in [0.05, 0.1) is 43.3 Å². The predicted octanol–water partition coefficient (Wildman–Crippen LogP) is 3.29. The van der Waals surface area contributed by atoms with Crippen LogP contribution in [0.5, 0.6) is 11.5 Å². The molecule has 0 unspecified atom stereocenters. The van der Waals surface area contributed by atoms with Crippen molar-refractivity contribution in [3.8, 4) is 11.5 Å². The molecule has 2 aliphatic rings. The smallest absolute Gasteiger partial charge is 0.407 e. The van der Waals surface area contributed by atoms with Crippen LogP contribution in [-0.2, 0) is 30.7 Å². The number of aromatic hydroxyl groups is 1. The average molecular weight is 607 g/mol. The van der Waals surface area contributed by atoms with Crippen LogP contribution < -0.4 is 10.1 Å². The molecule has 0 saturated carbocycles. The van der Waals surface area contributed by atoms with Crippen LogP contribution in [0.4, 0.5) is 4.79 Å². The van der Waals surface area contributed by atoms with Crippen LogP contribution >= 0.6 is 0 Å². The summed E-state index contributed by atoms with van der Waals surface area (Å²) in [7, 11) is -2.49. The number of carbonyl (C=O) groups is 1. The minimum Gasteiger partial charge on any atom is -0.508 e. The fourth-order valence-corrected chi connectivity index (χ4v) is 6.91. The maximum absolute atomic E-state index is 13.8. The van der Waals surface area contributed by atoms with E-state index in [2.05, 4.69) is 5.32 Å². The molecule has 232 valence electrons. The summed E-state index contributed by atoms with van der Waals surface area (Å²) in [4.78, 5) is 13.1. The van der Waals surface area contributed by atoms with E-state index in [1.165, 1.54) is 35.7 Å². The zero-order valence-corrected chi connectivity index (χ0v) is 25.2. The number of fused-ring (bicyclic) bond motifs is 1. The fourth-order valence-electron chi connectivity index (χ4n) is 5.38. The van der Waals surface area contributed by atoms with Gasteiger partial charge in [-0.25, -0.2) is 13.2 Å². The predicted molar refractivity (Wildman–Crippen MR) is 155 cm³/mol. The van der Waals surface area contributed by atoms with Crippen LogP contribution in [0, 0.1) is 11.8 Å². The van der Waals surface area contributed by atoms with E-state index in [0.29, 0.717) is 12.4 Å². The Morgan fingerprint density at radius 2 is 1.76 bits per heavy atom. The van der Waals surface area contributed by atoms with E-state index in [9.17, 15) is 23.4 Å². The van der Waals surface area contributed by atoms with E-state index in [-0.39, 0.29) is 54.9 Å². The Morgan fingerprint density at radius 3 is 2.40 bits per heavy atom. The number of nitrogens with one attached hydrogen (secondary N) is 1. The fraction of sp³-hybridized carbons (Fsp3) is 0.567. The summed E-state index contributed by atoms with van der Waals surface area (Å²) in [5.41, 5.74) is 0.732. The Labute approximate surface area is 247 Å². The highest BCUT2D eigenvalue weighted by Crippen LogP contribution is 2.33. The highest BCUT2D eigenvalue weighted by atomic mass is 32.2. The first-order chi connectivity index (χ1) is 20.1. The quantitative estimate of drug-likeness (QED) is 0.295. The molecule has 12 heteroatoms. The van der Waals surface area contributed by atoms with Crippen molar-refractivity contribution in [2.24, 2.45) is 11.8 Å². The zero-order chi connectivity index (χ0) is 30.3. The number of rotatable bonds is 14. The molecule has 0 bridgehead atoms. The molecule has 5 atom stereocenters. The number of phenols is 1. The Bertz CT molecular complexity index is 1250. The van der Waals surface area contributed by atoms with Gasteiger partial charge in [-0.1, -0.05) is 38.8 Å². The van der Waals surface area contributed by atoms with Gasteiger partial charge >= 0.3 is 6.09 Å². The largest absolute Gasteiger partial charge is 0.508 e. The van der Waals surface area contributed by atoms with Gasteiger partial charge < -0.3 is 34.5 Å². The first-order valence-electron chi connectivity index (χ1n) is 14.4. The molecule has 0 spiro atoms. The minimum absolute atomic E-state index is 0.0543. The SMILES string of the molecule is CCC(CC)CN(C[C@@H](O)[C@H](Cc1ccc(O)cc1)NC(=O)O[C@H]1CO[C@H]2OCC[C@H]21)S(=O)(=O)c1ccc(OC)cc1. The van der Waals surface area contributed by atoms with Crippen LogP contribution in [0.3, 0.4) is 0 Å². The maximum atomic E-state index is 13.8. The van der Waals surface area contributed by atoms with E-state index in [1.807, 2.05) is 13.8 Å². The van der Waals surface area contributed by atoms with Gasteiger partial charge in [-0.3, -0.25) is 0 Å². The Balaban J connectivity index is 1.55. The summed E-state index contributed by atoms with van der Waals surface area (Å²) in [6, 6.07) is 11.6. The number of ether oxygens (including phenoxy) is 4. The van der Waals surface area contributed by atoms with Crippen molar-refractivity contribution >= 4 is 16.1 Å². The molecule has 42 heavy (non-hydrogen) atoms. The minimum atomic E-state index is -4.00. The first kappa shape index (κ1) is 32.0. The Kier molecular flexibility index (Phi) is 11.1. The summed E-state index contributed by atoms with van der Waals surface area (Å²) >= 11 is 0. The normalized spacial score (nSPS) is 21.7. The number of carbonyl (C=O) groups excluding carboxylic acids is 1. The number of hydrogen-bond donors (Lipinski definition) is 3. The molecule has 11 nitrogen and oxygen atoms in total. The van der Waals surface area contributed by atoms with Crippen molar-refractivity contribution in [2.45, 2.75) is 69.0 Å². The highest BCUT2D eigenvalue weighted by molar-refractivity contribution is 7.89. The lowest BCUT2D eigenvalue weighted by Crippen LogP contribution is -2.52. The van der Waals surface area contributed by atoms with Crippen LogP contribution in [0.15, 0.2) is 53.4 Å². The molecule has 2 saturated heterocycles. The molecule has 0 aliphatic carbocycles. The van der Waals surface area contributed by atoms with Gasteiger partial charge in [-0.15, -0.1) is 0 Å². The number of amides is 1. The molecule has 3 N–H and O–H groups in total. The number of benzene rings is 2. The first-order valence-corrected chi connectivity index (χ1v) is 15.9. The van der Waals surface area contributed by atoms with E-state index in [1.54, 1.807) is 24.3 Å². The van der Waals surface area contributed by atoms with Crippen molar-refractivity contribution in [2.75, 3.05) is 33.4 Å². The van der Waals surface area contributed by atoms with Crippen molar-refractivity contribution in [1.82, 2.24) is 9.62 Å². The molecule has 0 radical (unpaired) electrons.